The third-order valence-corrected chi connectivity index (χ3v) is 2.92. The average molecular weight is 226 g/mol. The lowest BCUT2D eigenvalue weighted by molar-refractivity contribution is 0.0696. The van der Waals surface area contributed by atoms with Crippen LogP contribution >= 0.6 is 0 Å². The van der Waals surface area contributed by atoms with Crippen LogP contribution in [0.2, 0.25) is 0 Å². The van der Waals surface area contributed by atoms with Crippen molar-refractivity contribution >= 4 is 5.97 Å². The van der Waals surface area contributed by atoms with Crippen molar-refractivity contribution in [3.05, 3.63) is 59.2 Å². The summed E-state index contributed by atoms with van der Waals surface area (Å²) in [6, 6.07) is 13.5. The molecule has 1 N–H and O–H groups in total. The second kappa shape index (κ2) is 4.42. The molecule has 0 spiro atoms. The fraction of sp³-hybridized carbons (Fsp3) is 0.133. The van der Waals surface area contributed by atoms with Gasteiger partial charge < -0.3 is 5.11 Å². The van der Waals surface area contributed by atoms with Gasteiger partial charge in [0.1, 0.15) is 0 Å². The van der Waals surface area contributed by atoms with E-state index in [4.69, 9.17) is 5.11 Å². The van der Waals surface area contributed by atoms with Gasteiger partial charge in [0.15, 0.2) is 0 Å². The molecule has 0 bridgehead atoms. The molecule has 0 aromatic heterocycles. The Morgan fingerprint density at radius 3 is 2.35 bits per heavy atom. The minimum atomic E-state index is -0.877. The number of hydrogen-bond donors (Lipinski definition) is 1. The topological polar surface area (TPSA) is 37.3 Å². The number of rotatable bonds is 2. The van der Waals surface area contributed by atoms with Gasteiger partial charge in [-0.1, -0.05) is 36.4 Å². The number of aromatic carboxylic acids is 1. The van der Waals surface area contributed by atoms with E-state index in [1.165, 1.54) is 0 Å². The van der Waals surface area contributed by atoms with Gasteiger partial charge in [0.25, 0.3) is 0 Å². The maximum Gasteiger partial charge on any atom is 0.335 e. The van der Waals surface area contributed by atoms with Crippen LogP contribution < -0.4 is 0 Å². The molecule has 2 heteroatoms. The van der Waals surface area contributed by atoms with Crippen LogP contribution in [0, 0.1) is 13.8 Å². The van der Waals surface area contributed by atoms with Crippen molar-refractivity contribution in [1.82, 2.24) is 0 Å². The molecule has 2 aromatic carbocycles. The largest absolute Gasteiger partial charge is 0.478 e. The summed E-state index contributed by atoms with van der Waals surface area (Å²) in [6.45, 7) is 3.83. The molecule has 0 atom stereocenters. The maximum absolute atomic E-state index is 11.1. The molecule has 2 rings (SSSR count). The lowest BCUT2D eigenvalue weighted by atomic mass is 9.97. The summed E-state index contributed by atoms with van der Waals surface area (Å²) in [6.07, 6.45) is 0. The fourth-order valence-electron chi connectivity index (χ4n) is 1.92. The van der Waals surface area contributed by atoms with Gasteiger partial charge in [-0.05, 0) is 42.2 Å². The molecule has 0 amide bonds. The minimum Gasteiger partial charge on any atom is -0.478 e. The highest BCUT2D eigenvalue weighted by Crippen LogP contribution is 2.25. The summed E-state index contributed by atoms with van der Waals surface area (Å²) in [4.78, 5) is 11.1. The second-order valence-corrected chi connectivity index (χ2v) is 4.15. The fourth-order valence-corrected chi connectivity index (χ4v) is 1.92. The molecular weight excluding hydrogens is 212 g/mol. The van der Waals surface area contributed by atoms with Gasteiger partial charge in [0, 0.05) is 0 Å². The lowest BCUT2D eigenvalue weighted by Crippen LogP contribution is -1.99. The molecule has 0 saturated carbocycles. The number of aryl methyl sites for hydroxylation is 2. The quantitative estimate of drug-likeness (QED) is 0.848. The number of hydrogen-bond acceptors (Lipinski definition) is 1. The van der Waals surface area contributed by atoms with Crippen LogP contribution in [0.5, 0.6) is 0 Å². The number of carboxylic acid groups (broad SMARTS) is 1. The molecule has 0 radical (unpaired) electrons. The minimum absolute atomic E-state index is 0.366. The van der Waals surface area contributed by atoms with Gasteiger partial charge in [0.2, 0.25) is 0 Å². The first-order valence-corrected chi connectivity index (χ1v) is 5.49. The normalized spacial score (nSPS) is 10.2. The van der Waals surface area contributed by atoms with Crippen molar-refractivity contribution in [2.24, 2.45) is 0 Å². The zero-order valence-corrected chi connectivity index (χ0v) is 9.90. The SMILES string of the molecule is Cc1ccc(-c2ccccc2C)cc1C(=O)O. The Kier molecular flexibility index (Phi) is 2.96. The predicted octanol–water partition coefficient (Wildman–Crippen LogP) is 3.67. The standard InChI is InChI=1S/C15H14O2/c1-10-5-3-4-6-13(10)12-8-7-11(2)14(9-12)15(16)17/h3-9H,1-2H3,(H,16,17). The predicted molar refractivity (Wildman–Crippen MR) is 68.3 cm³/mol. The van der Waals surface area contributed by atoms with E-state index in [0.717, 1.165) is 22.3 Å². The molecule has 2 nitrogen and oxygen atoms in total. The van der Waals surface area contributed by atoms with Crippen LogP contribution in [-0.2, 0) is 0 Å². The lowest BCUT2D eigenvalue weighted by Gasteiger charge is -2.08. The Hall–Kier alpha value is -2.09. The molecule has 0 saturated heterocycles. The van der Waals surface area contributed by atoms with Gasteiger partial charge in [-0.25, -0.2) is 4.79 Å². The van der Waals surface area contributed by atoms with E-state index in [1.54, 1.807) is 6.07 Å². The highest BCUT2D eigenvalue weighted by Gasteiger charge is 2.09. The Morgan fingerprint density at radius 1 is 1.00 bits per heavy atom. The first-order chi connectivity index (χ1) is 8.09. The maximum atomic E-state index is 11.1. The molecule has 0 aliphatic rings. The molecule has 0 fully saturated rings. The van der Waals surface area contributed by atoms with E-state index in [2.05, 4.69) is 0 Å². The molecule has 0 aliphatic heterocycles. The zero-order valence-electron chi connectivity index (χ0n) is 9.90. The van der Waals surface area contributed by atoms with E-state index >= 15 is 0 Å². The smallest absolute Gasteiger partial charge is 0.335 e. The number of benzene rings is 2. The number of carbonyl (C=O) groups is 1. The van der Waals surface area contributed by atoms with E-state index in [9.17, 15) is 4.79 Å². The van der Waals surface area contributed by atoms with Crippen molar-refractivity contribution in [3.63, 3.8) is 0 Å². The van der Waals surface area contributed by atoms with E-state index in [0.29, 0.717) is 5.56 Å². The first kappa shape index (κ1) is 11.4. The Bertz CT molecular complexity index is 571. The van der Waals surface area contributed by atoms with Crippen LogP contribution in [0.3, 0.4) is 0 Å². The third-order valence-electron chi connectivity index (χ3n) is 2.92. The summed E-state index contributed by atoms with van der Waals surface area (Å²) >= 11 is 0. The third kappa shape index (κ3) is 2.21. The van der Waals surface area contributed by atoms with Gasteiger partial charge >= 0.3 is 5.97 Å². The van der Waals surface area contributed by atoms with Crippen LogP contribution in [-0.4, -0.2) is 11.1 Å². The van der Waals surface area contributed by atoms with Crippen LogP contribution in [0.25, 0.3) is 11.1 Å². The summed E-state index contributed by atoms with van der Waals surface area (Å²) in [5.74, 6) is -0.877. The summed E-state index contributed by atoms with van der Waals surface area (Å²) in [5.41, 5.74) is 4.33. The molecule has 17 heavy (non-hydrogen) atoms. The van der Waals surface area contributed by atoms with Crippen molar-refractivity contribution in [3.8, 4) is 11.1 Å². The zero-order chi connectivity index (χ0) is 12.4. The van der Waals surface area contributed by atoms with E-state index in [-0.39, 0.29) is 0 Å². The van der Waals surface area contributed by atoms with Crippen molar-refractivity contribution < 1.29 is 9.90 Å². The molecule has 2 aromatic rings. The van der Waals surface area contributed by atoms with Crippen molar-refractivity contribution in [2.75, 3.05) is 0 Å². The van der Waals surface area contributed by atoms with Crippen LogP contribution in [0.15, 0.2) is 42.5 Å². The molecule has 86 valence electrons. The van der Waals surface area contributed by atoms with Crippen LogP contribution in [0.4, 0.5) is 0 Å². The second-order valence-electron chi connectivity index (χ2n) is 4.15. The van der Waals surface area contributed by atoms with E-state index < -0.39 is 5.97 Å². The number of carboxylic acids is 1. The van der Waals surface area contributed by atoms with E-state index in [1.807, 2.05) is 50.2 Å². The van der Waals surface area contributed by atoms with Crippen molar-refractivity contribution in [2.45, 2.75) is 13.8 Å². The monoisotopic (exact) mass is 226 g/mol. The van der Waals surface area contributed by atoms with Crippen LogP contribution in [0.1, 0.15) is 21.5 Å². The highest BCUT2D eigenvalue weighted by atomic mass is 16.4. The summed E-state index contributed by atoms with van der Waals surface area (Å²) < 4.78 is 0. The molecular formula is C15H14O2. The molecule has 0 heterocycles. The Morgan fingerprint density at radius 2 is 1.71 bits per heavy atom. The first-order valence-electron chi connectivity index (χ1n) is 5.49. The van der Waals surface area contributed by atoms with Gasteiger partial charge in [-0.2, -0.15) is 0 Å². The Balaban J connectivity index is 2.58. The molecule has 0 unspecified atom stereocenters. The molecule has 0 aliphatic carbocycles. The summed E-state index contributed by atoms with van der Waals surface area (Å²) in [5, 5.41) is 9.11. The van der Waals surface area contributed by atoms with Crippen molar-refractivity contribution in [1.29, 1.82) is 0 Å². The highest BCUT2D eigenvalue weighted by molar-refractivity contribution is 5.91. The van der Waals surface area contributed by atoms with Gasteiger partial charge in [0.05, 0.1) is 5.56 Å². The van der Waals surface area contributed by atoms with Gasteiger partial charge in [-0.3, -0.25) is 0 Å². The average Bonchev–Trinajstić information content (AvgIpc) is 2.30. The van der Waals surface area contributed by atoms with Gasteiger partial charge in [-0.15, -0.1) is 0 Å². The Labute approximate surface area is 101 Å². The summed E-state index contributed by atoms with van der Waals surface area (Å²) in [7, 11) is 0.